The van der Waals surface area contributed by atoms with E-state index in [9.17, 15) is 9.59 Å². The molecular weight excluding hydrogens is 336 g/mol. The molecule has 1 amide bonds. The number of hydrogen-bond acceptors (Lipinski definition) is 3. The van der Waals surface area contributed by atoms with Crippen LogP contribution in [0.4, 0.5) is 5.69 Å². The fraction of sp³-hybridized carbons (Fsp3) is 0.467. The van der Waals surface area contributed by atoms with Crippen LogP contribution in [-0.4, -0.2) is 23.0 Å². The van der Waals surface area contributed by atoms with Crippen LogP contribution in [0.2, 0.25) is 0 Å². The molecule has 0 saturated carbocycles. The average Bonchev–Trinajstić information content (AvgIpc) is 2.39. The highest BCUT2D eigenvalue weighted by Gasteiger charge is 2.17. The summed E-state index contributed by atoms with van der Waals surface area (Å²) in [6.07, 6.45) is 2.47. The van der Waals surface area contributed by atoms with Gasteiger partial charge in [-0.2, -0.15) is 0 Å². The molecule has 0 aliphatic rings. The van der Waals surface area contributed by atoms with Crippen molar-refractivity contribution in [3.63, 3.8) is 0 Å². The lowest BCUT2D eigenvalue weighted by molar-refractivity contribution is -0.119. The Morgan fingerprint density at radius 2 is 2.00 bits per heavy atom. The first kappa shape index (κ1) is 17.7. The van der Waals surface area contributed by atoms with Gasteiger partial charge in [0.15, 0.2) is 0 Å². The number of aromatic carboxylic acids is 1. The molecule has 2 unspecified atom stereocenters. The van der Waals surface area contributed by atoms with Crippen molar-refractivity contribution in [1.29, 1.82) is 0 Å². The van der Waals surface area contributed by atoms with Crippen molar-refractivity contribution in [3.05, 3.63) is 28.2 Å². The lowest BCUT2D eigenvalue weighted by Gasteiger charge is -2.14. The lowest BCUT2D eigenvalue weighted by Crippen LogP contribution is -2.22. The predicted octanol–water partition coefficient (Wildman–Crippen LogP) is 3.24. The zero-order chi connectivity index (χ0) is 16.0. The molecule has 0 aliphatic carbocycles. The van der Waals surface area contributed by atoms with E-state index >= 15 is 0 Å². The summed E-state index contributed by atoms with van der Waals surface area (Å²) in [5, 5.41) is 11.8. The van der Waals surface area contributed by atoms with Crippen molar-refractivity contribution < 1.29 is 14.7 Å². The number of nitrogens with two attached hydrogens (primary N) is 1. The second-order valence-electron chi connectivity index (χ2n) is 5.29. The summed E-state index contributed by atoms with van der Waals surface area (Å²) in [4.78, 5) is 23.3. The molecule has 2 atom stereocenters. The van der Waals surface area contributed by atoms with Gasteiger partial charge in [0.25, 0.3) is 0 Å². The number of amides is 1. The van der Waals surface area contributed by atoms with Gasteiger partial charge in [-0.25, -0.2) is 4.79 Å². The molecule has 0 aliphatic heterocycles. The Labute approximate surface area is 133 Å². The van der Waals surface area contributed by atoms with Crippen LogP contribution in [-0.2, 0) is 4.79 Å². The molecule has 1 aromatic rings. The third kappa shape index (κ3) is 5.85. The topological polar surface area (TPSA) is 92.4 Å². The van der Waals surface area contributed by atoms with Gasteiger partial charge >= 0.3 is 5.97 Å². The number of hydrogen-bond donors (Lipinski definition) is 3. The SMILES string of the molecule is CC(N)CCCC(C)C(=O)Nc1ccc(Br)cc1C(=O)O. The Morgan fingerprint density at radius 1 is 1.33 bits per heavy atom. The monoisotopic (exact) mass is 356 g/mol. The Kier molecular flexibility index (Phi) is 6.84. The summed E-state index contributed by atoms with van der Waals surface area (Å²) < 4.78 is 0.655. The number of carboxylic acid groups (broad SMARTS) is 1. The number of anilines is 1. The van der Waals surface area contributed by atoms with E-state index in [0.29, 0.717) is 10.2 Å². The third-order valence-electron chi connectivity index (χ3n) is 3.21. The quantitative estimate of drug-likeness (QED) is 0.699. The molecule has 0 bridgehead atoms. The van der Waals surface area contributed by atoms with Gasteiger partial charge < -0.3 is 16.2 Å². The number of halogens is 1. The molecule has 4 N–H and O–H groups in total. The molecule has 21 heavy (non-hydrogen) atoms. The Hall–Kier alpha value is -1.40. The normalized spacial score (nSPS) is 13.5. The van der Waals surface area contributed by atoms with E-state index in [1.807, 2.05) is 13.8 Å². The summed E-state index contributed by atoms with van der Waals surface area (Å²) >= 11 is 3.22. The van der Waals surface area contributed by atoms with Gasteiger partial charge in [-0.1, -0.05) is 29.3 Å². The van der Waals surface area contributed by atoms with Crippen LogP contribution >= 0.6 is 15.9 Å². The smallest absolute Gasteiger partial charge is 0.337 e. The van der Waals surface area contributed by atoms with Crippen LogP contribution in [0.3, 0.4) is 0 Å². The first-order valence-corrected chi connectivity index (χ1v) is 7.70. The van der Waals surface area contributed by atoms with Crippen molar-refractivity contribution in [1.82, 2.24) is 0 Å². The second kappa shape index (κ2) is 8.14. The minimum atomic E-state index is -1.07. The summed E-state index contributed by atoms with van der Waals surface area (Å²) in [5.41, 5.74) is 6.06. The summed E-state index contributed by atoms with van der Waals surface area (Å²) in [5.74, 6) is -1.44. The molecule has 0 heterocycles. The summed E-state index contributed by atoms with van der Waals surface area (Å²) in [6.45, 7) is 3.77. The Bertz CT molecular complexity index is 518. The molecule has 1 rings (SSSR count). The standard InChI is InChI=1S/C15H21BrN2O3/c1-9(4-3-5-10(2)17)14(19)18-13-7-6-11(16)8-12(13)15(20)21/h6-10H,3-5,17H2,1-2H3,(H,18,19)(H,20,21). The van der Waals surface area contributed by atoms with Crippen molar-refractivity contribution in [2.45, 2.75) is 39.2 Å². The molecular formula is C15H21BrN2O3. The van der Waals surface area contributed by atoms with E-state index in [0.717, 1.165) is 19.3 Å². The van der Waals surface area contributed by atoms with E-state index < -0.39 is 5.97 Å². The van der Waals surface area contributed by atoms with Crippen LogP contribution in [0.15, 0.2) is 22.7 Å². The minimum Gasteiger partial charge on any atom is -0.478 e. The molecule has 1 aromatic carbocycles. The van der Waals surface area contributed by atoms with E-state index in [-0.39, 0.29) is 23.4 Å². The van der Waals surface area contributed by atoms with E-state index in [1.54, 1.807) is 12.1 Å². The highest BCUT2D eigenvalue weighted by molar-refractivity contribution is 9.10. The van der Waals surface area contributed by atoms with Gasteiger partial charge in [0, 0.05) is 16.4 Å². The van der Waals surface area contributed by atoms with Crippen LogP contribution in [0.25, 0.3) is 0 Å². The molecule has 0 aromatic heterocycles. The van der Waals surface area contributed by atoms with E-state index in [2.05, 4.69) is 21.2 Å². The summed E-state index contributed by atoms with van der Waals surface area (Å²) in [7, 11) is 0. The van der Waals surface area contributed by atoms with Crippen molar-refractivity contribution in [2.24, 2.45) is 11.7 Å². The molecule has 0 radical (unpaired) electrons. The van der Waals surface area contributed by atoms with Crippen LogP contribution < -0.4 is 11.1 Å². The average molecular weight is 357 g/mol. The summed E-state index contributed by atoms with van der Waals surface area (Å²) in [6, 6.07) is 4.88. The third-order valence-corrected chi connectivity index (χ3v) is 3.71. The first-order chi connectivity index (χ1) is 9.81. The molecule has 0 fully saturated rings. The van der Waals surface area contributed by atoms with Crippen LogP contribution in [0, 0.1) is 5.92 Å². The van der Waals surface area contributed by atoms with Crippen LogP contribution in [0.5, 0.6) is 0 Å². The van der Waals surface area contributed by atoms with E-state index in [4.69, 9.17) is 10.8 Å². The molecule has 6 heteroatoms. The number of carboxylic acids is 1. The molecule has 5 nitrogen and oxygen atoms in total. The maximum absolute atomic E-state index is 12.1. The number of carbonyl (C=O) groups is 2. The van der Waals surface area contributed by atoms with Crippen molar-refractivity contribution in [2.75, 3.05) is 5.32 Å². The molecule has 116 valence electrons. The van der Waals surface area contributed by atoms with Crippen molar-refractivity contribution >= 4 is 33.5 Å². The Balaban J connectivity index is 2.68. The largest absolute Gasteiger partial charge is 0.478 e. The number of benzene rings is 1. The first-order valence-electron chi connectivity index (χ1n) is 6.90. The molecule has 0 saturated heterocycles. The highest BCUT2D eigenvalue weighted by atomic mass is 79.9. The van der Waals surface area contributed by atoms with Gasteiger partial charge in [-0.3, -0.25) is 4.79 Å². The fourth-order valence-corrected chi connectivity index (χ4v) is 2.30. The molecule has 0 spiro atoms. The van der Waals surface area contributed by atoms with Gasteiger partial charge in [0.05, 0.1) is 11.3 Å². The maximum atomic E-state index is 12.1. The number of carbonyl (C=O) groups excluding carboxylic acids is 1. The zero-order valence-corrected chi connectivity index (χ0v) is 13.8. The zero-order valence-electron chi connectivity index (χ0n) is 12.2. The lowest BCUT2D eigenvalue weighted by atomic mass is 10.0. The Morgan fingerprint density at radius 3 is 2.57 bits per heavy atom. The van der Waals surface area contributed by atoms with Crippen molar-refractivity contribution in [3.8, 4) is 0 Å². The minimum absolute atomic E-state index is 0.0699. The highest BCUT2D eigenvalue weighted by Crippen LogP contribution is 2.22. The predicted molar refractivity (Wildman–Crippen MR) is 86.4 cm³/mol. The van der Waals surface area contributed by atoms with Gasteiger partial charge in [0.2, 0.25) is 5.91 Å². The maximum Gasteiger partial charge on any atom is 0.337 e. The second-order valence-corrected chi connectivity index (χ2v) is 6.21. The van der Waals surface area contributed by atoms with Gasteiger partial charge in [-0.05, 0) is 38.0 Å². The van der Waals surface area contributed by atoms with E-state index in [1.165, 1.54) is 6.07 Å². The van der Waals surface area contributed by atoms with Crippen LogP contribution in [0.1, 0.15) is 43.5 Å². The number of nitrogens with one attached hydrogen (secondary N) is 1. The van der Waals surface area contributed by atoms with Gasteiger partial charge in [-0.15, -0.1) is 0 Å². The fourth-order valence-electron chi connectivity index (χ4n) is 1.94. The van der Waals surface area contributed by atoms with Gasteiger partial charge in [0.1, 0.15) is 0 Å². The number of rotatable bonds is 7.